The second kappa shape index (κ2) is 2.82. The highest BCUT2D eigenvalue weighted by Crippen LogP contribution is 2.17. The van der Waals surface area contributed by atoms with Crippen molar-refractivity contribution in [1.29, 1.82) is 0 Å². The molecule has 1 rings (SSSR count). The Balaban J connectivity index is 2.40. The SMILES string of the molecule is CC(=O)CC1CCOC1=O. The van der Waals surface area contributed by atoms with Crippen molar-refractivity contribution in [3.05, 3.63) is 0 Å². The summed E-state index contributed by atoms with van der Waals surface area (Å²) in [6, 6.07) is 0. The van der Waals surface area contributed by atoms with Crippen LogP contribution < -0.4 is 0 Å². The number of esters is 1. The van der Waals surface area contributed by atoms with Crippen LogP contribution in [0, 0.1) is 5.92 Å². The molecule has 1 saturated heterocycles. The van der Waals surface area contributed by atoms with Crippen molar-refractivity contribution in [1.82, 2.24) is 0 Å². The second-order valence-electron chi connectivity index (χ2n) is 2.56. The van der Waals surface area contributed by atoms with E-state index >= 15 is 0 Å². The molecule has 3 nitrogen and oxygen atoms in total. The van der Waals surface area contributed by atoms with Crippen molar-refractivity contribution in [2.24, 2.45) is 5.92 Å². The number of Topliss-reactive ketones (excluding diaryl/α,β-unsaturated/α-hetero) is 1. The molecule has 1 aliphatic heterocycles. The summed E-state index contributed by atoms with van der Waals surface area (Å²) in [5, 5.41) is 0. The van der Waals surface area contributed by atoms with Crippen LogP contribution in [0.4, 0.5) is 0 Å². The van der Waals surface area contributed by atoms with Crippen molar-refractivity contribution in [2.45, 2.75) is 19.8 Å². The second-order valence-corrected chi connectivity index (χ2v) is 2.56. The number of cyclic esters (lactones) is 1. The minimum atomic E-state index is -0.213. The quantitative estimate of drug-likeness (QED) is 0.528. The average Bonchev–Trinajstić information content (AvgIpc) is 2.15. The Morgan fingerprint density at radius 1 is 1.80 bits per heavy atom. The normalized spacial score (nSPS) is 24.5. The van der Waals surface area contributed by atoms with Gasteiger partial charge in [0.25, 0.3) is 0 Å². The largest absolute Gasteiger partial charge is 0.465 e. The monoisotopic (exact) mass is 142 g/mol. The molecule has 3 heteroatoms. The van der Waals surface area contributed by atoms with E-state index in [1.54, 1.807) is 0 Å². The van der Waals surface area contributed by atoms with E-state index < -0.39 is 0 Å². The summed E-state index contributed by atoms with van der Waals surface area (Å²) in [7, 11) is 0. The number of carbonyl (C=O) groups is 2. The van der Waals surface area contributed by atoms with Crippen LogP contribution in [0.2, 0.25) is 0 Å². The van der Waals surface area contributed by atoms with Gasteiger partial charge in [-0.15, -0.1) is 0 Å². The molecule has 0 spiro atoms. The minimum absolute atomic E-state index is 0.0591. The van der Waals surface area contributed by atoms with Gasteiger partial charge in [-0.1, -0.05) is 0 Å². The predicted octanol–water partition coefficient (Wildman–Crippen LogP) is 0.529. The van der Waals surface area contributed by atoms with Crippen molar-refractivity contribution < 1.29 is 14.3 Å². The molecular weight excluding hydrogens is 132 g/mol. The number of ether oxygens (including phenoxy) is 1. The molecule has 1 aliphatic rings. The van der Waals surface area contributed by atoms with Crippen LogP contribution in [0.3, 0.4) is 0 Å². The molecule has 0 aromatic carbocycles. The van der Waals surface area contributed by atoms with Gasteiger partial charge in [0, 0.05) is 6.42 Å². The highest BCUT2D eigenvalue weighted by Gasteiger charge is 2.27. The van der Waals surface area contributed by atoms with Gasteiger partial charge >= 0.3 is 5.97 Å². The zero-order chi connectivity index (χ0) is 7.56. The maximum absolute atomic E-state index is 10.7. The van der Waals surface area contributed by atoms with Crippen LogP contribution in [0.1, 0.15) is 19.8 Å². The van der Waals surface area contributed by atoms with E-state index in [-0.39, 0.29) is 17.7 Å². The first-order valence-electron chi connectivity index (χ1n) is 3.36. The van der Waals surface area contributed by atoms with Crippen LogP contribution in [0.5, 0.6) is 0 Å². The Bertz CT molecular complexity index is 162. The van der Waals surface area contributed by atoms with Gasteiger partial charge in [0.15, 0.2) is 0 Å². The van der Waals surface area contributed by atoms with Crippen LogP contribution in [-0.2, 0) is 14.3 Å². The van der Waals surface area contributed by atoms with Gasteiger partial charge in [0.05, 0.1) is 12.5 Å². The predicted molar refractivity (Wildman–Crippen MR) is 34.4 cm³/mol. The third kappa shape index (κ3) is 1.56. The summed E-state index contributed by atoms with van der Waals surface area (Å²) < 4.78 is 4.68. The first kappa shape index (κ1) is 7.25. The van der Waals surface area contributed by atoms with Crippen LogP contribution >= 0.6 is 0 Å². The lowest BCUT2D eigenvalue weighted by molar-refractivity contribution is -0.142. The van der Waals surface area contributed by atoms with Crippen molar-refractivity contribution in [3.8, 4) is 0 Å². The average molecular weight is 142 g/mol. The molecule has 0 saturated carbocycles. The van der Waals surface area contributed by atoms with Crippen LogP contribution in [-0.4, -0.2) is 18.4 Å². The molecular formula is C7H10O3. The molecule has 0 bridgehead atoms. The highest BCUT2D eigenvalue weighted by molar-refractivity contribution is 5.83. The molecule has 10 heavy (non-hydrogen) atoms. The van der Waals surface area contributed by atoms with Crippen LogP contribution in [0.15, 0.2) is 0 Å². The molecule has 1 fully saturated rings. The lowest BCUT2D eigenvalue weighted by Gasteiger charge is -1.98. The minimum Gasteiger partial charge on any atom is -0.465 e. The number of ketones is 1. The molecule has 1 unspecified atom stereocenters. The topological polar surface area (TPSA) is 43.4 Å². The number of rotatable bonds is 2. The number of carbonyl (C=O) groups excluding carboxylic acids is 2. The molecule has 56 valence electrons. The molecule has 1 atom stereocenters. The third-order valence-corrected chi connectivity index (χ3v) is 1.58. The Morgan fingerprint density at radius 2 is 2.50 bits per heavy atom. The molecule has 1 heterocycles. The van der Waals surface area contributed by atoms with Gasteiger partial charge in [0.1, 0.15) is 5.78 Å². The van der Waals surface area contributed by atoms with Crippen molar-refractivity contribution >= 4 is 11.8 Å². The molecule has 0 radical (unpaired) electrons. The summed E-state index contributed by atoms with van der Waals surface area (Å²) in [6.07, 6.45) is 1.05. The molecule has 0 amide bonds. The number of hydrogen-bond donors (Lipinski definition) is 0. The zero-order valence-corrected chi connectivity index (χ0v) is 5.92. The van der Waals surface area contributed by atoms with E-state index in [0.29, 0.717) is 19.4 Å². The molecule has 0 aromatic rings. The summed E-state index contributed by atoms with van der Waals surface area (Å²) in [6.45, 7) is 1.97. The first-order valence-corrected chi connectivity index (χ1v) is 3.36. The van der Waals surface area contributed by atoms with Gasteiger partial charge in [-0.05, 0) is 13.3 Å². The summed E-state index contributed by atoms with van der Waals surface area (Å²) in [4.78, 5) is 21.3. The Kier molecular flexibility index (Phi) is 2.04. The first-order chi connectivity index (χ1) is 4.70. The van der Waals surface area contributed by atoms with Gasteiger partial charge in [-0.3, -0.25) is 4.79 Å². The van der Waals surface area contributed by atoms with E-state index in [9.17, 15) is 9.59 Å². The Morgan fingerprint density at radius 3 is 2.90 bits per heavy atom. The lowest BCUT2D eigenvalue weighted by atomic mass is 10.0. The maximum Gasteiger partial charge on any atom is 0.309 e. The summed E-state index contributed by atoms with van der Waals surface area (Å²) in [5.41, 5.74) is 0. The van der Waals surface area contributed by atoms with Crippen molar-refractivity contribution in [3.63, 3.8) is 0 Å². The van der Waals surface area contributed by atoms with E-state index in [1.165, 1.54) is 6.92 Å². The Hall–Kier alpha value is -0.860. The van der Waals surface area contributed by atoms with E-state index in [1.807, 2.05) is 0 Å². The highest BCUT2D eigenvalue weighted by atomic mass is 16.5. The third-order valence-electron chi connectivity index (χ3n) is 1.58. The molecule has 0 N–H and O–H groups in total. The van der Waals surface area contributed by atoms with Gasteiger partial charge in [-0.25, -0.2) is 0 Å². The van der Waals surface area contributed by atoms with Gasteiger partial charge in [-0.2, -0.15) is 0 Å². The fourth-order valence-electron chi connectivity index (χ4n) is 1.07. The standard InChI is InChI=1S/C7H10O3/c1-5(8)4-6-2-3-10-7(6)9/h6H,2-4H2,1H3. The zero-order valence-electron chi connectivity index (χ0n) is 5.92. The Labute approximate surface area is 59.4 Å². The summed E-state index contributed by atoms with van der Waals surface area (Å²) >= 11 is 0. The maximum atomic E-state index is 10.7. The van der Waals surface area contributed by atoms with E-state index in [4.69, 9.17) is 0 Å². The lowest BCUT2D eigenvalue weighted by Crippen LogP contribution is -2.10. The van der Waals surface area contributed by atoms with E-state index in [2.05, 4.69) is 4.74 Å². The van der Waals surface area contributed by atoms with Crippen LogP contribution in [0.25, 0.3) is 0 Å². The van der Waals surface area contributed by atoms with E-state index in [0.717, 1.165) is 0 Å². The fourth-order valence-corrected chi connectivity index (χ4v) is 1.07. The smallest absolute Gasteiger partial charge is 0.309 e. The summed E-state index contributed by atoms with van der Waals surface area (Å²) in [5.74, 6) is -0.309. The number of hydrogen-bond acceptors (Lipinski definition) is 3. The van der Waals surface area contributed by atoms with Gasteiger partial charge < -0.3 is 9.53 Å². The van der Waals surface area contributed by atoms with Crippen molar-refractivity contribution in [2.75, 3.05) is 6.61 Å². The van der Waals surface area contributed by atoms with Gasteiger partial charge in [0.2, 0.25) is 0 Å². The molecule has 0 aromatic heterocycles. The molecule has 0 aliphatic carbocycles. The fraction of sp³-hybridized carbons (Fsp3) is 0.714.